The summed E-state index contributed by atoms with van der Waals surface area (Å²) in [4.78, 5) is 26.5. The first-order valence-electron chi connectivity index (χ1n) is 10.5. The number of hydrogen-bond acceptors (Lipinski definition) is 6. The average Bonchev–Trinajstić information content (AvgIpc) is 2.86. The molecule has 3 heterocycles. The third-order valence-corrected chi connectivity index (χ3v) is 5.42. The van der Waals surface area contributed by atoms with Gasteiger partial charge in [-0.1, -0.05) is 23.7 Å². The Labute approximate surface area is 202 Å². The number of ether oxygens (including phenoxy) is 2. The Morgan fingerprint density at radius 1 is 0.941 bits per heavy atom. The highest BCUT2D eigenvalue weighted by Crippen LogP contribution is 2.29. The van der Waals surface area contributed by atoms with Gasteiger partial charge in [0.2, 0.25) is 0 Å². The Morgan fingerprint density at radius 2 is 1.76 bits per heavy atom. The molecule has 8 heteroatoms. The molecule has 0 aliphatic rings. The van der Waals surface area contributed by atoms with Crippen molar-refractivity contribution in [1.82, 2.24) is 20.3 Å². The van der Waals surface area contributed by atoms with Crippen LogP contribution in [0.25, 0.3) is 22.4 Å². The predicted molar refractivity (Wildman–Crippen MR) is 131 cm³/mol. The third kappa shape index (κ3) is 5.15. The molecule has 172 valence electrons. The smallest absolute Gasteiger partial charge is 0.256 e. The maximum Gasteiger partial charge on any atom is 0.256 e. The molecule has 34 heavy (non-hydrogen) atoms. The van der Waals surface area contributed by atoms with Gasteiger partial charge in [-0.15, -0.1) is 0 Å². The molecule has 0 aliphatic carbocycles. The van der Waals surface area contributed by atoms with E-state index in [0.717, 1.165) is 27.8 Å². The Kier molecular flexibility index (Phi) is 7.04. The van der Waals surface area contributed by atoms with Crippen LogP contribution in [0.5, 0.6) is 11.6 Å². The topological polar surface area (TPSA) is 86.2 Å². The molecule has 4 rings (SSSR count). The van der Waals surface area contributed by atoms with Gasteiger partial charge in [-0.3, -0.25) is 14.8 Å². The summed E-state index contributed by atoms with van der Waals surface area (Å²) in [6.45, 7) is 2.21. The van der Waals surface area contributed by atoms with Gasteiger partial charge < -0.3 is 14.8 Å². The molecule has 7 nitrogen and oxygen atoms in total. The Hall–Kier alpha value is -3.97. The number of methoxy groups -OCH3 is 2. The molecule has 3 aromatic heterocycles. The monoisotopic (exact) mass is 474 g/mol. The Balaban J connectivity index is 1.68. The van der Waals surface area contributed by atoms with Crippen molar-refractivity contribution in [2.45, 2.75) is 13.5 Å². The quantitative estimate of drug-likeness (QED) is 0.400. The number of aromatic nitrogens is 3. The number of hydrogen-bond donors (Lipinski definition) is 1. The van der Waals surface area contributed by atoms with Crippen LogP contribution in [0, 0.1) is 6.92 Å². The Bertz CT molecular complexity index is 1340. The second kappa shape index (κ2) is 10.3. The number of carbonyl (C=O) groups excluding carboxylic acids is 1. The van der Waals surface area contributed by atoms with Crippen LogP contribution in [0.1, 0.15) is 21.5 Å². The minimum atomic E-state index is -0.278. The molecule has 0 bridgehead atoms. The van der Waals surface area contributed by atoms with Crippen molar-refractivity contribution in [3.63, 3.8) is 0 Å². The molecule has 0 aliphatic heterocycles. The van der Waals surface area contributed by atoms with Crippen molar-refractivity contribution in [2.75, 3.05) is 14.2 Å². The van der Waals surface area contributed by atoms with E-state index in [1.54, 1.807) is 43.0 Å². The molecular formula is C26H23ClN4O3. The minimum Gasteiger partial charge on any atom is -0.491 e. The second-order valence-corrected chi connectivity index (χ2v) is 8.06. The van der Waals surface area contributed by atoms with Crippen molar-refractivity contribution >= 4 is 17.5 Å². The van der Waals surface area contributed by atoms with E-state index in [-0.39, 0.29) is 12.5 Å². The Morgan fingerprint density at radius 3 is 2.50 bits per heavy atom. The summed E-state index contributed by atoms with van der Waals surface area (Å²) in [6, 6.07) is 12.9. The molecule has 0 spiro atoms. The number of benzene rings is 1. The van der Waals surface area contributed by atoms with Gasteiger partial charge in [-0.05, 0) is 48.4 Å². The number of halogens is 1. The molecule has 0 fully saturated rings. The number of nitrogens with zero attached hydrogens (tertiary/aromatic N) is 3. The van der Waals surface area contributed by atoms with Gasteiger partial charge in [0, 0.05) is 53.0 Å². The van der Waals surface area contributed by atoms with Crippen LogP contribution in [0.4, 0.5) is 0 Å². The lowest BCUT2D eigenvalue weighted by Crippen LogP contribution is -2.24. The largest absolute Gasteiger partial charge is 0.491 e. The summed E-state index contributed by atoms with van der Waals surface area (Å²) >= 11 is 6.20. The number of amides is 1. The van der Waals surface area contributed by atoms with Crippen LogP contribution in [0.2, 0.25) is 5.02 Å². The third-order valence-electron chi connectivity index (χ3n) is 5.18. The molecule has 0 atom stereocenters. The van der Waals surface area contributed by atoms with E-state index in [1.165, 1.54) is 14.2 Å². The fourth-order valence-corrected chi connectivity index (χ4v) is 3.71. The average molecular weight is 475 g/mol. The molecule has 4 aromatic rings. The van der Waals surface area contributed by atoms with Crippen LogP contribution in [0.15, 0.2) is 67.3 Å². The van der Waals surface area contributed by atoms with E-state index in [1.807, 2.05) is 31.2 Å². The van der Waals surface area contributed by atoms with E-state index in [0.29, 0.717) is 27.9 Å². The second-order valence-electron chi connectivity index (χ2n) is 7.62. The van der Waals surface area contributed by atoms with E-state index < -0.39 is 0 Å². The van der Waals surface area contributed by atoms with Crippen LogP contribution in [-0.4, -0.2) is 35.1 Å². The SMILES string of the molecule is COc1cc(CNC(=O)c2cc(-c3cncc(C)c3)cnc2-c2cccc(Cl)c2)cnc1OC. The first kappa shape index (κ1) is 23.2. The highest BCUT2D eigenvalue weighted by atomic mass is 35.5. The lowest BCUT2D eigenvalue weighted by Gasteiger charge is -2.13. The maximum atomic E-state index is 13.3. The summed E-state index contributed by atoms with van der Waals surface area (Å²) in [7, 11) is 3.06. The van der Waals surface area contributed by atoms with Crippen LogP contribution >= 0.6 is 11.6 Å². The molecule has 1 N–H and O–H groups in total. The molecule has 1 amide bonds. The number of rotatable bonds is 7. The minimum absolute atomic E-state index is 0.247. The fraction of sp³-hybridized carbons (Fsp3) is 0.154. The molecular weight excluding hydrogens is 452 g/mol. The lowest BCUT2D eigenvalue weighted by molar-refractivity contribution is 0.0951. The van der Waals surface area contributed by atoms with E-state index in [4.69, 9.17) is 21.1 Å². The normalized spacial score (nSPS) is 10.6. The molecule has 0 saturated carbocycles. The zero-order chi connectivity index (χ0) is 24.1. The zero-order valence-corrected chi connectivity index (χ0v) is 19.8. The zero-order valence-electron chi connectivity index (χ0n) is 19.0. The summed E-state index contributed by atoms with van der Waals surface area (Å²) in [5.41, 5.74) is 5.16. The summed E-state index contributed by atoms with van der Waals surface area (Å²) in [5, 5.41) is 3.52. The van der Waals surface area contributed by atoms with Gasteiger partial charge in [0.1, 0.15) is 0 Å². The van der Waals surface area contributed by atoms with E-state index >= 15 is 0 Å². The van der Waals surface area contributed by atoms with Crippen LogP contribution in [-0.2, 0) is 6.54 Å². The van der Waals surface area contributed by atoms with Gasteiger partial charge in [-0.25, -0.2) is 4.98 Å². The fourth-order valence-electron chi connectivity index (χ4n) is 3.52. The molecule has 0 radical (unpaired) electrons. The molecule has 0 unspecified atom stereocenters. The summed E-state index contributed by atoms with van der Waals surface area (Å²) < 4.78 is 10.5. The van der Waals surface area contributed by atoms with Gasteiger partial charge >= 0.3 is 0 Å². The summed E-state index contributed by atoms with van der Waals surface area (Å²) in [5.74, 6) is 0.591. The van der Waals surface area contributed by atoms with Gasteiger partial charge in [0.05, 0.1) is 25.5 Å². The van der Waals surface area contributed by atoms with Crippen molar-refractivity contribution in [2.24, 2.45) is 0 Å². The van der Waals surface area contributed by atoms with Crippen LogP contribution in [0.3, 0.4) is 0 Å². The van der Waals surface area contributed by atoms with Crippen molar-refractivity contribution < 1.29 is 14.3 Å². The number of carbonyl (C=O) groups is 1. The first-order chi connectivity index (χ1) is 16.5. The van der Waals surface area contributed by atoms with Crippen molar-refractivity contribution in [1.29, 1.82) is 0 Å². The van der Waals surface area contributed by atoms with Crippen LogP contribution < -0.4 is 14.8 Å². The lowest BCUT2D eigenvalue weighted by atomic mass is 10.0. The van der Waals surface area contributed by atoms with E-state index in [9.17, 15) is 4.79 Å². The highest BCUT2D eigenvalue weighted by Gasteiger charge is 2.17. The molecule has 1 aromatic carbocycles. The van der Waals surface area contributed by atoms with Gasteiger partial charge in [0.15, 0.2) is 5.75 Å². The number of nitrogens with one attached hydrogen (secondary N) is 1. The number of pyridine rings is 3. The maximum absolute atomic E-state index is 13.3. The van der Waals surface area contributed by atoms with Crippen molar-refractivity contribution in [3.05, 3.63) is 89.0 Å². The van der Waals surface area contributed by atoms with Gasteiger partial charge in [-0.2, -0.15) is 0 Å². The first-order valence-corrected chi connectivity index (χ1v) is 10.9. The molecule has 0 saturated heterocycles. The highest BCUT2D eigenvalue weighted by molar-refractivity contribution is 6.30. The van der Waals surface area contributed by atoms with E-state index in [2.05, 4.69) is 20.3 Å². The number of aryl methyl sites for hydroxylation is 1. The van der Waals surface area contributed by atoms with Crippen molar-refractivity contribution in [3.8, 4) is 34.0 Å². The summed E-state index contributed by atoms with van der Waals surface area (Å²) in [6.07, 6.45) is 6.90. The van der Waals surface area contributed by atoms with Gasteiger partial charge in [0.25, 0.3) is 11.8 Å². The predicted octanol–water partition coefficient (Wildman–Crippen LogP) is 5.11. The standard InChI is InChI=1S/C26H23ClN4O3/c1-16-7-19(14-28-11-16)20-10-22(24(29-15-20)18-5-4-6-21(27)9-18)25(32)30-12-17-8-23(33-2)26(34-3)31-13-17/h4-11,13-15H,12H2,1-3H3,(H,30,32).